The monoisotopic (exact) mass is 188 g/mol. The summed E-state index contributed by atoms with van der Waals surface area (Å²) in [6.45, 7) is 0. The summed E-state index contributed by atoms with van der Waals surface area (Å²) >= 11 is 0. The molecular weight excluding hydrogens is 187 g/mol. The Kier molecular flexibility index (Phi) is 242. The van der Waals surface area contributed by atoms with Crippen LogP contribution in [0.3, 0.4) is 0 Å². The molecule has 0 spiro atoms. The maximum atomic E-state index is 0. The largest absolute Gasteiger partial charge is 0 e. The second kappa shape index (κ2) is 22.3. The molecule has 0 aliphatic heterocycles. The Balaban J connectivity index is 0. The Morgan fingerprint density at radius 1 is 1.00 bits per heavy atom. The van der Waals surface area contributed by atoms with Crippen molar-refractivity contribution in [3.8, 4) is 0 Å². The molecular formula is H2BeCuFeNi. The van der Waals surface area contributed by atoms with Gasteiger partial charge in [-0.1, -0.05) is 0 Å². The van der Waals surface area contributed by atoms with Crippen LogP contribution in [0.1, 0.15) is 0 Å². The van der Waals surface area contributed by atoms with Crippen molar-refractivity contribution in [2.24, 2.45) is 0 Å². The maximum absolute atomic E-state index is 0. The van der Waals surface area contributed by atoms with E-state index in [0.29, 0.717) is 0 Å². The standard InChI is InChI=1S/Be.Cu.Fe.Ni.2H. The molecule has 0 aromatic heterocycles. The van der Waals surface area contributed by atoms with Crippen molar-refractivity contribution in [1.29, 1.82) is 0 Å². The van der Waals surface area contributed by atoms with Crippen LogP contribution in [0.25, 0.3) is 0 Å². The Morgan fingerprint density at radius 2 is 1.00 bits per heavy atom. The minimum atomic E-state index is 0. The van der Waals surface area contributed by atoms with Gasteiger partial charge in [0, 0.05) is 50.6 Å². The van der Waals surface area contributed by atoms with E-state index < -0.39 is 0 Å². The summed E-state index contributed by atoms with van der Waals surface area (Å²) in [6, 6.07) is 0. The van der Waals surface area contributed by atoms with E-state index in [4.69, 9.17) is 0 Å². The van der Waals surface area contributed by atoms with Gasteiger partial charge in [-0.3, -0.25) is 0 Å². The molecule has 0 aromatic rings. The summed E-state index contributed by atoms with van der Waals surface area (Å²) in [4.78, 5) is 0. The van der Waals surface area contributed by atoms with Gasteiger partial charge >= 0.3 is 10.1 Å². The summed E-state index contributed by atoms with van der Waals surface area (Å²) < 4.78 is 0. The Labute approximate surface area is 60.6 Å². The van der Waals surface area contributed by atoms with Gasteiger partial charge in [0.1, 0.15) is 0 Å². The van der Waals surface area contributed by atoms with Crippen LogP contribution in [0.2, 0.25) is 0 Å². The van der Waals surface area contributed by atoms with Crippen LogP contribution in [-0.2, 0) is 50.6 Å². The first-order valence-corrected chi connectivity index (χ1v) is 0. The number of hydrogen-bond donors (Lipinski definition) is 0. The van der Waals surface area contributed by atoms with Crippen molar-refractivity contribution in [1.82, 2.24) is 0 Å². The maximum Gasteiger partial charge on any atom is 0 e. The summed E-state index contributed by atoms with van der Waals surface area (Å²) in [6.07, 6.45) is 0. The van der Waals surface area contributed by atoms with Gasteiger partial charge in [0.2, 0.25) is 0 Å². The van der Waals surface area contributed by atoms with Crippen LogP contribution >= 0.6 is 0 Å². The van der Waals surface area contributed by atoms with Gasteiger partial charge in [-0.05, 0) is 0 Å². The third-order valence-electron chi connectivity index (χ3n) is 0. The molecule has 0 atom stereocenters. The molecule has 0 fully saturated rings. The zero-order valence-corrected chi connectivity index (χ0v) is 4.00. The van der Waals surface area contributed by atoms with Gasteiger partial charge in [-0.15, -0.1) is 0 Å². The molecule has 0 unspecified atom stereocenters. The molecule has 0 rings (SSSR count). The van der Waals surface area contributed by atoms with Crippen molar-refractivity contribution in [2.75, 3.05) is 0 Å². The van der Waals surface area contributed by atoms with Crippen LogP contribution in [0.5, 0.6) is 0 Å². The Morgan fingerprint density at radius 3 is 1.00 bits per heavy atom. The quantitative estimate of drug-likeness (QED) is 0.432. The van der Waals surface area contributed by atoms with Gasteiger partial charge in [-0.2, -0.15) is 0 Å². The van der Waals surface area contributed by atoms with E-state index in [2.05, 4.69) is 0 Å². The average molecular weight is 189 g/mol. The predicted molar refractivity (Wildman–Crippen MR) is 8.54 cm³/mol. The fourth-order valence-corrected chi connectivity index (χ4v) is 0. The predicted octanol–water partition coefficient (Wildman–Crippen LogP) is -0.924. The van der Waals surface area contributed by atoms with Gasteiger partial charge in [0.05, 0.1) is 0 Å². The van der Waals surface area contributed by atoms with E-state index in [9.17, 15) is 0 Å². The first-order chi connectivity index (χ1) is 0. The van der Waals surface area contributed by atoms with Crippen LogP contribution in [0.4, 0.5) is 0 Å². The molecule has 0 aliphatic rings. The van der Waals surface area contributed by atoms with Crippen molar-refractivity contribution < 1.29 is 50.6 Å². The second-order valence-corrected chi connectivity index (χ2v) is 0. The van der Waals surface area contributed by atoms with E-state index in [1.54, 1.807) is 0 Å². The first-order valence-electron chi connectivity index (χ1n) is 0. The minimum Gasteiger partial charge on any atom is 0 e. The third-order valence-corrected chi connectivity index (χ3v) is 0. The van der Waals surface area contributed by atoms with Gasteiger partial charge < -0.3 is 0 Å². The summed E-state index contributed by atoms with van der Waals surface area (Å²) in [5.41, 5.74) is 0. The van der Waals surface area contributed by atoms with Crippen molar-refractivity contribution in [3.63, 3.8) is 0 Å². The fraction of sp³-hybridized carbons (Fsp3) is 0. The molecule has 0 heterocycles. The van der Waals surface area contributed by atoms with E-state index in [1.807, 2.05) is 0 Å². The van der Waals surface area contributed by atoms with Gasteiger partial charge in [0.25, 0.3) is 0 Å². The van der Waals surface area contributed by atoms with Crippen LogP contribution < -0.4 is 0 Å². The molecule has 0 bridgehead atoms. The molecule has 4 heavy (non-hydrogen) atoms. The number of hydrogen-bond acceptors (Lipinski definition) is 0. The fourth-order valence-electron chi connectivity index (χ4n) is 0. The normalized spacial score (nSPS) is 0. The van der Waals surface area contributed by atoms with Crippen LogP contribution in [-0.4, -0.2) is 10.1 Å². The zero-order valence-electron chi connectivity index (χ0n) is 0.971. The molecule has 0 amide bonds. The summed E-state index contributed by atoms with van der Waals surface area (Å²) in [5, 5.41) is 0. The van der Waals surface area contributed by atoms with E-state index in [0.717, 1.165) is 0 Å². The molecule has 0 N–H and O–H groups in total. The summed E-state index contributed by atoms with van der Waals surface area (Å²) in [7, 11) is 0. The molecule has 4 heteroatoms. The van der Waals surface area contributed by atoms with E-state index in [-0.39, 0.29) is 60.7 Å². The van der Waals surface area contributed by atoms with E-state index in [1.165, 1.54) is 0 Å². The Bertz CT molecular complexity index is 8.00. The molecule has 0 aromatic carbocycles. The molecule has 0 aliphatic carbocycles. The zero-order chi connectivity index (χ0) is 0. The second-order valence-electron chi connectivity index (χ2n) is 0. The topological polar surface area (TPSA) is 0 Å². The van der Waals surface area contributed by atoms with E-state index >= 15 is 0 Å². The summed E-state index contributed by atoms with van der Waals surface area (Å²) in [5.74, 6) is 0. The smallest absolute Gasteiger partial charge is 0 e. The molecule has 1 radical (unpaired) electrons. The first kappa shape index (κ1) is 43.5. The minimum absolute atomic E-state index is 0. The molecule has 0 saturated heterocycles. The third kappa shape index (κ3) is 9.33. The number of rotatable bonds is 0. The van der Waals surface area contributed by atoms with Crippen LogP contribution in [0, 0.1) is 0 Å². The molecule has 0 saturated carbocycles. The van der Waals surface area contributed by atoms with Crippen molar-refractivity contribution >= 4 is 10.1 Å². The van der Waals surface area contributed by atoms with Gasteiger partial charge in [-0.25, -0.2) is 0 Å². The van der Waals surface area contributed by atoms with Gasteiger partial charge in [0.15, 0.2) is 0 Å². The van der Waals surface area contributed by atoms with Crippen LogP contribution in [0.15, 0.2) is 0 Å². The van der Waals surface area contributed by atoms with Crippen molar-refractivity contribution in [2.45, 2.75) is 0 Å². The van der Waals surface area contributed by atoms with Crippen molar-refractivity contribution in [3.05, 3.63) is 0 Å². The average Bonchev–Trinajstić information content (AvgIpc) is 0. The SMILES string of the molecule is [BeH2].[Cu].[Fe].[Ni]. The Hall–Kier alpha value is 1.70. The molecule has 33 valence electrons. The molecule has 0 nitrogen and oxygen atoms in total.